The summed E-state index contributed by atoms with van der Waals surface area (Å²) in [7, 11) is 0. The van der Waals surface area contributed by atoms with Gasteiger partial charge in [-0.1, -0.05) is 18.6 Å². The van der Waals surface area contributed by atoms with Gasteiger partial charge in [0.1, 0.15) is 0 Å². The van der Waals surface area contributed by atoms with E-state index in [0.717, 1.165) is 13.1 Å². The SMILES string of the molecule is CSC1(CNCc2cccc3[nH]ccc23)CCC1. The van der Waals surface area contributed by atoms with Gasteiger partial charge in [-0.15, -0.1) is 0 Å². The Morgan fingerprint density at radius 2 is 2.22 bits per heavy atom. The van der Waals surface area contributed by atoms with Crippen LogP contribution in [0.4, 0.5) is 0 Å². The average molecular weight is 260 g/mol. The van der Waals surface area contributed by atoms with Gasteiger partial charge in [0.15, 0.2) is 0 Å². The summed E-state index contributed by atoms with van der Waals surface area (Å²) in [6, 6.07) is 8.65. The van der Waals surface area contributed by atoms with Crippen LogP contribution < -0.4 is 5.32 Å². The van der Waals surface area contributed by atoms with Gasteiger partial charge in [-0.2, -0.15) is 11.8 Å². The molecular formula is C15H20N2S. The monoisotopic (exact) mass is 260 g/mol. The maximum Gasteiger partial charge on any atom is 0.0457 e. The minimum Gasteiger partial charge on any atom is -0.361 e. The zero-order valence-electron chi connectivity index (χ0n) is 10.8. The Balaban J connectivity index is 1.64. The standard InChI is InChI=1S/C15H20N2S/c1-18-15(7-3-8-15)11-16-10-12-4-2-5-14-13(12)6-9-17-14/h2,4-6,9,16-17H,3,7-8,10-11H2,1H3. The van der Waals surface area contributed by atoms with E-state index in [1.807, 2.05) is 18.0 Å². The molecule has 1 aromatic heterocycles. The van der Waals surface area contributed by atoms with Gasteiger partial charge in [-0.3, -0.25) is 0 Å². The van der Waals surface area contributed by atoms with Crippen LogP contribution >= 0.6 is 11.8 Å². The first-order valence-corrected chi connectivity index (χ1v) is 7.86. The molecule has 2 nitrogen and oxygen atoms in total. The molecule has 0 saturated heterocycles. The summed E-state index contributed by atoms with van der Waals surface area (Å²) in [6.45, 7) is 2.10. The summed E-state index contributed by atoms with van der Waals surface area (Å²) < 4.78 is 0.520. The fourth-order valence-electron chi connectivity index (χ4n) is 2.75. The molecule has 1 aromatic carbocycles. The van der Waals surface area contributed by atoms with Gasteiger partial charge in [0.2, 0.25) is 0 Å². The number of benzene rings is 1. The van der Waals surface area contributed by atoms with E-state index in [4.69, 9.17) is 0 Å². The molecule has 1 fully saturated rings. The van der Waals surface area contributed by atoms with Gasteiger partial charge in [0.05, 0.1) is 0 Å². The zero-order chi connectivity index (χ0) is 12.4. The van der Waals surface area contributed by atoms with Crippen molar-refractivity contribution in [2.24, 2.45) is 0 Å². The molecule has 0 unspecified atom stereocenters. The molecule has 2 aromatic rings. The Hall–Kier alpha value is -0.930. The third kappa shape index (κ3) is 2.17. The predicted molar refractivity (Wildman–Crippen MR) is 80.1 cm³/mol. The molecule has 1 heterocycles. The highest BCUT2D eigenvalue weighted by atomic mass is 32.2. The number of thioether (sulfide) groups is 1. The van der Waals surface area contributed by atoms with Crippen LogP contribution in [0.2, 0.25) is 0 Å². The van der Waals surface area contributed by atoms with E-state index in [1.165, 1.54) is 35.7 Å². The molecule has 3 rings (SSSR count). The van der Waals surface area contributed by atoms with Crippen LogP contribution in [-0.4, -0.2) is 22.5 Å². The second kappa shape index (κ2) is 4.98. The molecular weight excluding hydrogens is 240 g/mol. The lowest BCUT2D eigenvalue weighted by atomic mass is 9.84. The fourth-order valence-corrected chi connectivity index (χ4v) is 3.70. The second-order valence-electron chi connectivity index (χ2n) is 5.20. The maximum atomic E-state index is 3.64. The van der Waals surface area contributed by atoms with Gasteiger partial charge >= 0.3 is 0 Å². The van der Waals surface area contributed by atoms with Crippen LogP contribution in [0.5, 0.6) is 0 Å². The Kier molecular flexibility index (Phi) is 3.35. The largest absolute Gasteiger partial charge is 0.361 e. The van der Waals surface area contributed by atoms with E-state index in [9.17, 15) is 0 Å². The summed E-state index contributed by atoms with van der Waals surface area (Å²) in [5.74, 6) is 0. The van der Waals surface area contributed by atoms with Crippen molar-refractivity contribution < 1.29 is 0 Å². The number of aromatic nitrogens is 1. The normalized spacial score (nSPS) is 17.8. The lowest BCUT2D eigenvalue weighted by Gasteiger charge is -2.40. The van der Waals surface area contributed by atoms with Crippen LogP contribution in [0.1, 0.15) is 24.8 Å². The van der Waals surface area contributed by atoms with E-state index in [1.54, 1.807) is 0 Å². The number of rotatable bonds is 5. The Bertz CT molecular complexity index is 523. The first-order valence-electron chi connectivity index (χ1n) is 6.64. The first kappa shape index (κ1) is 12.1. The summed E-state index contributed by atoms with van der Waals surface area (Å²) in [4.78, 5) is 3.27. The lowest BCUT2D eigenvalue weighted by molar-refractivity contribution is 0.345. The third-order valence-electron chi connectivity index (χ3n) is 4.15. The van der Waals surface area contributed by atoms with E-state index < -0.39 is 0 Å². The molecule has 0 radical (unpaired) electrons. The number of fused-ring (bicyclic) bond motifs is 1. The number of H-pyrrole nitrogens is 1. The predicted octanol–water partition coefficient (Wildman–Crippen LogP) is 3.54. The van der Waals surface area contributed by atoms with Crippen LogP contribution in [0.3, 0.4) is 0 Å². The number of aromatic amines is 1. The summed E-state index contributed by atoms with van der Waals surface area (Å²) in [5.41, 5.74) is 2.63. The molecule has 18 heavy (non-hydrogen) atoms. The van der Waals surface area contributed by atoms with E-state index >= 15 is 0 Å². The van der Waals surface area contributed by atoms with Crippen LogP contribution in [0.25, 0.3) is 10.9 Å². The Labute approximate surface area is 113 Å². The first-order chi connectivity index (χ1) is 8.83. The lowest BCUT2D eigenvalue weighted by Crippen LogP contribution is -2.43. The van der Waals surface area contributed by atoms with Crippen molar-refractivity contribution in [1.82, 2.24) is 10.3 Å². The molecule has 96 valence electrons. The Morgan fingerprint density at radius 1 is 1.33 bits per heavy atom. The molecule has 3 heteroatoms. The molecule has 0 spiro atoms. The molecule has 0 bridgehead atoms. The van der Waals surface area contributed by atoms with Gasteiger partial charge in [0, 0.05) is 34.9 Å². The smallest absolute Gasteiger partial charge is 0.0457 e. The molecule has 1 saturated carbocycles. The van der Waals surface area contributed by atoms with E-state index in [0.29, 0.717) is 4.75 Å². The van der Waals surface area contributed by atoms with Crippen LogP contribution in [0, 0.1) is 0 Å². The topological polar surface area (TPSA) is 27.8 Å². The van der Waals surface area contributed by atoms with Gasteiger partial charge < -0.3 is 10.3 Å². The average Bonchev–Trinajstić information content (AvgIpc) is 2.81. The van der Waals surface area contributed by atoms with Gasteiger partial charge in [0.25, 0.3) is 0 Å². The highest BCUT2D eigenvalue weighted by molar-refractivity contribution is 8.00. The van der Waals surface area contributed by atoms with Crippen LogP contribution in [-0.2, 0) is 6.54 Å². The van der Waals surface area contributed by atoms with Crippen LogP contribution in [0.15, 0.2) is 30.5 Å². The quantitative estimate of drug-likeness (QED) is 0.860. The molecule has 1 aliphatic rings. The molecule has 1 aliphatic carbocycles. The summed E-state index contributed by atoms with van der Waals surface area (Å²) in [5, 5.41) is 4.99. The molecule has 0 amide bonds. The van der Waals surface area contributed by atoms with Crippen molar-refractivity contribution in [3.63, 3.8) is 0 Å². The van der Waals surface area contributed by atoms with Gasteiger partial charge in [-0.05, 0) is 36.8 Å². The Morgan fingerprint density at radius 3 is 2.94 bits per heavy atom. The molecule has 2 N–H and O–H groups in total. The third-order valence-corrected chi connectivity index (χ3v) is 5.56. The zero-order valence-corrected chi connectivity index (χ0v) is 11.6. The number of hydrogen-bond acceptors (Lipinski definition) is 2. The molecule has 0 atom stereocenters. The van der Waals surface area contributed by atoms with E-state index in [-0.39, 0.29) is 0 Å². The number of hydrogen-bond donors (Lipinski definition) is 2. The summed E-state index contributed by atoms with van der Waals surface area (Å²) in [6.07, 6.45) is 8.40. The highest BCUT2D eigenvalue weighted by Gasteiger charge is 2.35. The highest BCUT2D eigenvalue weighted by Crippen LogP contribution is 2.42. The van der Waals surface area contributed by atoms with Crippen molar-refractivity contribution in [2.75, 3.05) is 12.8 Å². The van der Waals surface area contributed by atoms with E-state index in [2.05, 4.69) is 40.8 Å². The second-order valence-corrected chi connectivity index (χ2v) is 6.47. The molecule has 0 aliphatic heterocycles. The maximum absolute atomic E-state index is 3.64. The number of nitrogens with one attached hydrogen (secondary N) is 2. The fraction of sp³-hybridized carbons (Fsp3) is 0.467. The van der Waals surface area contributed by atoms with Gasteiger partial charge in [-0.25, -0.2) is 0 Å². The van der Waals surface area contributed by atoms with Crippen molar-refractivity contribution >= 4 is 22.7 Å². The summed E-state index contributed by atoms with van der Waals surface area (Å²) >= 11 is 2.03. The van der Waals surface area contributed by atoms with Crippen molar-refractivity contribution in [2.45, 2.75) is 30.6 Å². The minimum absolute atomic E-state index is 0.520. The minimum atomic E-state index is 0.520. The van der Waals surface area contributed by atoms with Crippen molar-refractivity contribution in [1.29, 1.82) is 0 Å². The van der Waals surface area contributed by atoms with Crippen molar-refractivity contribution in [3.05, 3.63) is 36.0 Å². The van der Waals surface area contributed by atoms with Crippen molar-refractivity contribution in [3.8, 4) is 0 Å².